The van der Waals surface area contributed by atoms with Crippen LogP contribution in [0.5, 0.6) is 0 Å². The summed E-state index contributed by atoms with van der Waals surface area (Å²) >= 11 is 3.32. The van der Waals surface area contributed by atoms with E-state index in [-0.39, 0.29) is 12.5 Å². The van der Waals surface area contributed by atoms with Crippen LogP contribution in [0.3, 0.4) is 0 Å². The Balaban J connectivity index is 2.28. The number of anilines is 1. The van der Waals surface area contributed by atoms with Gasteiger partial charge in [0.1, 0.15) is 12.6 Å². The highest BCUT2D eigenvalue weighted by Gasteiger charge is 2.29. The minimum Gasteiger partial charge on any atom is -0.357 e. The van der Waals surface area contributed by atoms with Gasteiger partial charge in [0, 0.05) is 18.1 Å². The molecule has 162 valence electrons. The van der Waals surface area contributed by atoms with Crippen molar-refractivity contribution in [3.8, 4) is 0 Å². The van der Waals surface area contributed by atoms with Gasteiger partial charge in [0.15, 0.2) is 0 Å². The lowest BCUT2D eigenvalue weighted by Crippen LogP contribution is -2.51. The minimum absolute atomic E-state index is 0.285. The summed E-state index contributed by atoms with van der Waals surface area (Å²) in [6.45, 7) is 1.52. The molecule has 0 fully saturated rings. The maximum Gasteiger partial charge on any atom is 0.244 e. The Labute approximate surface area is 186 Å². The molecule has 0 bridgehead atoms. The summed E-state index contributed by atoms with van der Waals surface area (Å²) < 4.78 is 26.5. The number of sulfonamides is 1. The number of benzene rings is 2. The van der Waals surface area contributed by atoms with Gasteiger partial charge in [-0.3, -0.25) is 13.9 Å². The van der Waals surface area contributed by atoms with E-state index in [0.717, 1.165) is 16.1 Å². The van der Waals surface area contributed by atoms with Crippen molar-refractivity contribution in [2.24, 2.45) is 0 Å². The number of rotatable bonds is 9. The Morgan fingerprint density at radius 2 is 1.77 bits per heavy atom. The maximum atomic E-state index is 13.2. The Bertz CT molecular complexity index is 983. The van der Waals surface area contributed by atoms with Gasteiger partial charge in [-0.25, -0.2) is 8.42 Å². The van der Waals surface area contributed by atoms with E-state index in [0.29, 0.717) is 16.6 Å². The fraction of sp³-hybridized carbons (Fsp3) is 0.333. The van der Waals surface area contributed by atoms with Crippen LogP contribution < -0.4 is 9.62 Å². The van der Waals surface area contributed by atoms with Crippen molar-refractivity contribution in [3.05, 3.63) is 64.6 Å². The van der Waals surface area contributed by atoms with Gasteiger partial charge in [-0.15, -0.1) is 0 Å². The van der Waals surface area contributed by atoms with Gasteiger partial charge in [0.2, 0.25) is 21.8 Å². The van der Waals surface area contributed by atoms with Gasteiger partial charge < -0.3 is 10.2 Å². The van der Waals surface area contributed by atoms with Crippen LogP contribution in [0.2, 0.25) is 0 Å². The van der Waals surface area contributed by atoms with Gasteiger partial charge >= 0.3 is 0 Å². The summed E-state index contributed by atoms with van der Waals surface area (Å²) in [6, 6.07) is 15.6. The average Bonchev–Trinajstić information content (AvgIpc) is 2.71. The largest absolute Gasteiger partial charge is 0.357 e. The molecule has 7 nitrogen and oxygen atoms in total. The smallest absolute Gasteiger partial charge is 0.244 e. The Morgan fingerprint density at radius 3 is 2.33 bits per heavy atom. The molecule has 0 saturated heterocycles. The number of carbonyl (C=O) groups is 2. The van der Waals surface area contributed by atoms with Crippen LogP contribution in [0.25, 0.3) is 0 Å². The van der Waals surface area contributed by atoms with Crippen molar-refractivity contribution in [2.45, 2.75) is 19.4 Å². The van der Waals surface area contributed by atoms with Crippen LogP contribution in [0.15, 0.2) is 59.1 Å². The molecule has 0 aliphatic rings. The van der Waals surface area contributed by atoms with Gasteiger partial charge in [0.25, 0.3) is 0 Å². The molecule has 2 rings (SSSR count). The summed E-state index contributed by atoms with van der Waals surface area (Å²) in [7, 11) is -2.21. The number of hydrogen-bond donors (Lipinski definition) is 1. The molecule has 0 saturated carbocycles. The zero-order valence-corrected chi connectivity index (χ0v) is 19.6. The van der Waals surface area contributed by atoms with Gasteiger partial charge in [0.05, 0.1) is 11.9 Å². The molecule has 30 heavy (non-hydrogen) atoms. The van der Waals surface area contributed by atoms with Crippen LogP contribution in [0.4, 0.5) is 5.69 Å². The lowest BCUT2D eigenvalue weighted by atomic mass is 10.1. The lowest BCUT2D eigenvalue weighted by Gasteiger charge is -2.31. The second-order valence-corrected chi connectivity index (χ2v) is 9.68. The van der Waals surface area contributed by atoms with Crippen molar-refractivity contribution >= 4 is 43.5 Å². The SMILES string of the molecule is CNC(=O)[C@@H](C)N(CCc1ccccc1)C(=O)CN(c1cccc(Br)c1)S(C)(=O)=O. The zero-order chi connectivity index (χ0) is 22.3. The van der Waals surface area contributed by atoms with Crippen LogP contribution >= 0.6 is 15.9 Å². The van der Waals surface area contributed by atoms with E-state index in [1.165, 1.54) is 11.9 Å². The summed E-state index contributed by atoms with van der Waals surface area (Å²) in [5.74, 6) is -0.766. The molecule has 0 aromatic heterocycles. The van der Waals surface area contributed by atoms with Crippen LogP contribution in [0.1, 0.15) is 12.5 Å². The highest BCUT2D eigenvalue weighted by Crippen LogP contribution is 2.22. The monoisotopic (exact) mass is 495 g/mol. The maximum absolute atomic E-state index is 13.2. The molecule has 0 radical (unpaired) electrons. The van der Waals surface area contributed by atoms with Gasteiger partial charge in [-0.1, -0.05) is 52.3 Å². The minimum atomic E-state index is -3.72. The van der Waals surface area contributed by atoms with Crippen molar-refractivity contribution in [2.75, 3.05) is 30.7 Å². The topological polar surface area (TPSA) is 86.8 Å². The van der Waals surface area contributed by atoms with E-state index >= 15 is 0 Å². The fourth-order valence-electron chi connectivity index (χ4n) is 3.02. The third-order valence-corrected chi connectivity index (χ3v) is 6.31. The van der Waals surface area contributed by atoms with E-state index in [1.807, 2.05) is 30.3 Å². The van der Waals surface area contributed by atoms with Crippen molar-refractivity contribution < 1.29 is 18.0 Å². The summed E-state index contributed by atoms with van der Waals surface area (Å²) in [4.78, 5) is 26.8. The summed E-state index contributed by atoms with van der Waals surface area (Å²) in [6.07, 6.45) is 1.60. The molecule has 2 aromatic carbocycles. The molecule has 0 spiro atoms. The highest BCUT2D eigenvalue weighted by molar-refractivity contribution is 9.10. The Hall–Kier alpha value is -2.39. The highest BCUT2D eigenvalue weighted by atomic mass is 79.9. The van der Waals surface area contributed by atoms with Gasteiger partial charge in [-0.05, 0) is 37.1 Å². The quantitative estimate of drug-likeness (QED) is 0.578. The number of amides is 2. The number of hydrogen-bond acceptors (Lipinski definition) is 4. The van der Waals surface area contributed by atoms with E-state index in [2.05, 4.69) is 21.2 Å². The van der Waals surface area contributed by atoms with Crippen LogP contribution in [-0.2, 0) is 26.0 Å². The van der Waals surface area contributed by atoms with Crippen molar-refractivity contribution in [3.63, 3.8) is 0 Å². The molecule has 0 aliphatic carbocycles. The molecule has 0 aliphatic heterocycles. The molecule has 0 heterocycles. The Kier molecular flexibility index (Phi) is 8.43. The van der Waals surface area contributed by atoms with Crippen LogP contribution in [-0.4, -0.2) is 57.6 Å². The zero-order valence-electron chi connectivity index (χ0n) is 17.2. The number of carbonyl (C=O) groups excluding carboxylic acids is 2. The first-order valence-electron chi connectivity index (χ1n) is 9.41. The summed E-state index contributed by atoms with van der Waals surface area (Å²) in [5, 5.41) is 2.55. The third kappa shape index (κ3) is 6.56. The van der Waals surface area contributed by atoms with Crippen molar-refractivity contribution in [1.29, 1.82) is 0 Å². The first-order valence-corrected chi connectivity index (χ1v) is 12.1. The van der Waals surface area contributed by atoms with E-state index in [4.69, 9.17) is 0 Å². The Morgan fingerprint density at radius 1 is 1.10 bits per heavy atom. The molecular weight excluding hydrogens is 470 g/mol. The number of halogens is 1. The van der Waals surface area contributed by atoms with E-state index in [9.17, 15) is 18.0 Å². The molecule has 2 aromatic rings. The predicted octanol–water partition coefficient (Wildman–Crippen LogP) is 2.42. The molecule has 1 N–H and O–H groups in total. The third-order valence-electron chi connectivity index (χ3n) is 4.67. The number of nitrogens with one attached hydrogen (secondary N) is 1. The second kappa shape index (κ2) is 10.6. The average molecular weight is 496 g/mol. The first-order chi connectivity index (χ1) is 14.1. The fourth-order valence-corrected chi connectivity index (χ4v) is 4.25. The second-order valence-electron chi connectivity index (χ2n) is 6.86. The number of nitrogens with zero attached hydrogens (tertiary/aromatic N) is 2. The molecule has 1 atom stereocenters. The first kappa shape index (κ1) is 23.9. The number of likely N-dealkylation sites (N-methyl/N-ethyl adjacent to an activating group) is 1. The van der Waals surface area contributed by atoms with Gasteiger partial charge in [-0.2, -0.15) is 0 Å². The molecule has 9 heteroatoms. The predicted molar refractivity (Wildman–Crippen MR) is 122 cm³/mol. The normalized spacial score (nSPS) is 12.1. The van der Waals surface area contributed by atoms with E-state index < -0.39 is 28.5 Å². The molecule has 0 unspecified atom stereocenters. The standard InChI is InChI=1S/C21H26BrN3O4S/c1-16(21(27)23-2)24(13-12-17-8-5-4-6-9-17)20(26)15-25(30(3,28)29)19-11-7-10-18(22)14-19/h4-11,14,16H,12-13,15H2,1-3H3,(H,23,27)/t16-/m1/s1. The lowest BCUT2D eigenvalue weighted by molar-refractivity contribution is -0.138. The summed E-state index contributed by atoms with van der Waals surface area (Å²) in [5.41, 5.74) is 1.39. The van der Waals surface area contributed by atoms with Crippen LogP contribution in [0, 0.1) is 0 Å². The molecular formula is C21H26BrN3O4S. The van der Waals surface area contributed by atoms with E-state index in [1.54, 1.807) is 31.2 Å². The molecule has 2 amide bonds. The van der Waals surface area contributed by atoms with Crippen molar-refractivity contribution in [1.82, 2.24) is 10.2 Å².